The van der Waals surface area contributed by atoms with Crippen LogP contribution in [0.4, 0.5) is 13.2 Å². The summed E-state index contributed by atoms with van der Waals surface area (Å²) >= 11 is 0. The number of hydrogen-bond acceptors (Lipinski definition) is 8. The Morgan fingerprint density at radius 3 is 2.62 bits per heavy atom. The fourth-order valence-corrected chi connectivity index (χ4v) is 5.37. The third kappa shape index (κ3) is 7.35. The quantitative estimate of drug-likeness (QED) is 0.278. The molecule has 3 aliphatic rings. The van der Waals surface area contributed by atoms with Gasteiger partial charge in [-0.3, -0.25) is 4.79 Å². The summed E-state index contributed by atoms with van der Waals surface area (Å²) in [5.41, 5.74) is -0.845. The lowest BCUT2D eigenvalue weighted by atomic mass is 9.84. The van der Waals surface area contributed by atoms with Crippen molar-refractivity contribution in [3.8, 4) is 5.75 Å². The van der Waals surface area contributed by atoms with Gasteiger partial charge in [0, 0.05) is 12.3 Å². The second-order valence-corrected chi connectivity index (χ2v) is 10.5. The highest BCUT2D eigenvalue weighted by Crippen LogP contribution is 2.48. The van der Waals surface area contributed by atoms with Crippen molar-refractivity contribution in [2.45, 2.75) is 101 Å². The Balaban J connectivity index is 1.23. The van der Waals surface area contributed by atoms with E-state index in [0.717, 1.165) is 12.1 Å². The molecule has 0 aromatic heterocycles. The van der Waals surface area contributed by atoms with Gasteiger partial charge in [0.2, 0.25) is 0 Å². The van der Waals surface area contributed by atoms with Crippen molar-refractivity contribution in [3.63, 3.8) is 0 Å². The van der Waals surface area contributed by atoms with Crippen molar-refractivity contribution >= 4 is 5.97 Å². The van der Waals surface area contributed by atoms with Crippen LogP contribution in [0.3, 0.4) is 0 Å². The number of ether oxygens (including phenoxy) is 4. The molecular weight excluding hydrogens is 497 g/mol. The summed E-state index contributed by atoms with van der Waals surface area (Å²) in [6.07, 6.45) is -6.20. The van der Waals surface area contributed by atoms with Crippen molar-refractivity contribution in [1.29, 1.82) is 0 Å². The minimum Gasteiger partial charge on any atom is -0.491 e. The fraction of sp³-hybridized carbons (Fsp3) is 0.731. The monoisotopic (exact) mass is 532 g/mol. The maximum absolute atomic E-state index is 12.9. The van der Waals surface area contributed by atoms with E-state index >= 15 is 0 Å². The van der Waals surface area contributed by atoms with Crippen LogP contribution in [0.2, 0.25) is 0 Å². The minimum atomic E-state index is -4.50. The Hall–Kier alpha value is -1.92. The Kier molecular flexibility index (Phi) is 8.69. The molecule has 3 N–H and O–H groups in total. The molecule has 4 rings (SSSR count). The van der Waals surface area contributed by atoms with Crippen molar-refractivity contribution in [1.82, 2.24) is 0 Å². The van der Waals surface area contributed by atoms with E-state index < -0.39 is 48.2 Å². The van der Waals surface area contributed by atoms with Crippen molar-refractivity contribution in [3.05, 3.63) is 29.8 Å². The Morgan fingerprint density at radius 1 is 1.16 bits per heavy atom. The average molecular weight is 533 g/mol. The SMILES string of the molecule is CC(C)OC(=O)CCCC1OC1C[C@H]1[C@H]([C@@H]2OC2[C@H](O)COc2cccc(C(F)(F)F)c2)[C@@H](O)C[C@H]1O. The van der Waals surface area contributed by atoms with Gasteiger partial charge in [0.15, 0.2) is 0 Å². The van der Waals surface area contributed by atoms with E-state index in [9.17, 15) is 33.3 Å². The van der Waals surface area contributed by atoms with Crippen LogP contribution >= 0.6 is 0 Å². The van der Waals surface area contributed by atoms with Crippen molar-refractivity contribution in [2.75, 3.05) is 6.61 Å². The Bertz CT molecular complexity index is 925. The van der Waals surface area contributed by atoms with Crippen LogP contribution < -0.4 is 4.74 Å². The molecule has 2 aliphatic heterocycles. The molecule has 2 saturated heterocycles. The van der Waals surface area contributed by atoms with Gasteiger partial charge >= 0.3 is 12.1 Å². The molecule has 1 aromatic rings. The highest BCUT2D eigenvalue weighted by molar-refractivity contribution is 5.69. The number of hydrogen-bond donors (Lipinski definition) is 3. The summed E-state index contributed by atoms with van der Waals surface area (Å²) in [4.78, 5) is 11.7. The number of carbonyl (C=O) groups is 1. The molecule has 3 fully saturated rings. The topological polar surface area (TPSA) is 121 Å². The van der Waals surface area contributed by atoms with Crippen LogP contribution in [0, 0.1) is 11.8 Å². The van der Waals surface area contributed by atoms with Gasteiger partial charge in [0.05, 0.1) is 42.2 Å². The lowest BCUT2D eigenvalue weighted by molar-refractivity contribution is -0.147. The number of benzene rings is 1. The molecular formula is C26H35F3O8. The third-order valence-corrected chi connectivity index (χ3v) is 7.25. The number of rotatable bonds is 12. The zero-order valence-electron chi connectivity index (χ0n) is 20.8. The third-order valence-electron chi connectivity index (χ3n) is 7.25. The lowest BCUT2D eigenvalue weighted by Crippen LogP contribution is -2.33. The summed E-state index contributed by atoms with van der Waals surface area (Å²) in [7, 11) is 0. The van der Waals surface area contributed by atoms with Gasteiger partial charge in [-0.2, -0.15) is 13.2 Å². The van der Waals surface area contributed by atoms with E-state index in [0.29, 0.717) is 25.7 Å². The van der Waals surface area contributed by atoms with Crippen LogP contribution in [-0.2, 0) is 25.2 Å². The summed E-state index contributed by atoms with van der Waals surface area (Å²) < 4.78 is 60.5. The van der Waals surface area contributed by atoms with Gasteiger partial charge in [0.1, 0.15) is 24.6 Å². The summed E-state index contributed by atoms with van der Waals surface area (Å²) in [5, 5.41) is 31.6. The largest absolute Gasteiger partial charge is 0.491 e. The maximum atomic E-state index is 12.9. The molecule has 37 heavy (non-hydrogen) atoms. The van der Waals surface area contributed by atoms with Crippen LogP contribution in [0.15, 0.2) is 24.3 Å². The maximum Gasteiger partial charge on any atom is 0.416 e. The average Bonchev–Trinajstić information content (AvgIpc) is 3.72. The molecule has 1 saturated carbocycles. The molecule has 2 heterocycles. The number of esters is 1. The predicted molar refractivity (Wildman–Crippen MR) is 124 cm³/mol. The van der Waals surface area contributed by atoms with Crippen LogP contribution in [-0.4, -0.2) is 76.7 Å². The summed E-state index contributed by atoms with van der Waals surface area (Å²) in [6, 6.07) is 4.40. The predicted octanol–water partition coefficient (Wildman–Crippen LogP) is 2.85. The molecule has 0 radical (unpaired) electrons. The highest BCUT2D eigenvalue weighted by atomic mass is 19.4. The number of alkyl halides is 3. The molecule has 208 valence electrons. The number of halogens is 3. The van der Waals surface area contributed by atoms with Gasteiger partial charge in [-0.25, -0.2) is 0 Å². The zero-order chi connectivity index (χ0) is 26.9. The van der Waals surface area contributed by atoms with Gasteiger partial charge < -0.3 is 34.3 Å². The van der Waals surface area contributed by atoms with Crippen molar-refractivity contribution < 1.29 is 52.2 Å². The number of aliphatic hydroxyl groups is 3. The number of carbonyl (C=O) groups excluding carboxylic acids is 1. The fourth-order valence-electron chi connectivity index (χ4n) is 5.37. The molecule has 0 spiro atoms. The number of epoxide rings is 2. The normalized spacial score (nSPS) is 33.9. The Morgan fingerprint density at radius 2 is 1.92 bits per heavy atom. The molecule has 11 heteroatoms. The van der Waals surface area contributed by atoms with Crippen LogP contribution in [0.1, 0.15) is 51.5 Å². The first-order valence-corrected chi connectivity index (χ1v) is 12.8. The molecule has 9 atom stereocenters. The smallest absolute Gasteiger partial charge is 0.416 e. The standard InChI is InChI=1S/C26H35F3O8/c1-13(2)35-22(33)8-4-7-20-21(36-20)10-16-17(30)11-18(31)23(16)25-24(37-25)19(32)12-34-15-6-3-5-14(9-15)26(27,28)29/h3,5-6,9,13,16-21,23-25,30-32H,4,7-8,10-12H2,1-2H3/t16-,17-,18+,19-,20?,21?,23+,24?,25+/m1/s1. The van der Waals surface area contributed by atoms with Gasteiger partial charge in [-0.15, -0.1) is 0 Å². The molecule has 1 aromatic carbocycles. The Labute approximate surface area is 213 Å². The highest BCUT2D eigenvalue weighted by Gasteiger charge is 2.59. The van der Waals surface area contributed by atoms with E-state index in [-0.39, 0.29) is 49.0 Å². The molecule has 0 bridgehead atoms. The first kappa shape index (κ1) is 28.1. The zero-order valence-corrected chi connectivity index (χ0v) is 20.8. The van der Waals surface area contributed by atoms with Gasteiger partial charge in [-0.05, 0) is 63.6 Å². The minimum absolute atomic E-state index is 0.0141. The summed E-state index contributed by atoms with van der Waals surface area (Å²) in [6.45, 7) is 3.32. The second kappa shape index (κ2) is 11.4. The van der Waals surface area contributed by atoms with E-state index in [1.165, 1.54) is 12.1 Å². The first-order valence-electron chi connectivity index (χ1n) is 12.8. The molecule has 3 unspecified atom stereocenters. The van der Waals surface area contributed by atoms with E-state index in [2.05, 4.69) is 0 Å². The van der Waals surface area contributed by atoms with E-state index in [1.807, 2.05) is 0 Å². The van der Waals surface area contributed by atoms with Gasteiger partial charge in [0.25, 0.3) is 0 Å². The van der Waals surface area contributed by atoms with E-state index in [1.54, 1.807) is 13.8 Å². The number of aliphatic hydroxyl groups excluding tert-OH is 3. The van der Waals surface area contributed by atoms with Crippen LogP contribution in [0.25, 0.3) is 0 Å². The summed E-state index contributed by atoms with van der Waals surface area (Å²) in [5.74, 6) is -0.958. The second-order valence-electron chi connectivity index (χ2n) is 10.5. The molecule has 8 nitrogen and oxygen atoms in total. The van der Waals surface area contributed by atoms with Crippen LogP contribution in [0.5, 0.6) is 5.75 Å². The van der Waals surface area contributed by atoms with Gasteiger partial charge in [-0.1, -0.05) is 6.07 Å². The van der Waals surface area contributed by atoms with E-state index in [4.69, 9.17) is 18.9 Å². The molecule has 1 aliphatic carbocycles. The first-order chi connectivity index (χ1) is 17.4. The molecule has 0 amide bonds. The lowest BCUT2D eigenvalue weighted by Gasteiger charge is -2.22. The van der Waals surface area contributed by atoms with Crippen molar-refractivity contribution in [2.24, 2.45) is 11.8 Å².